The van der Waals surface area contributed by atoms with Gasteiger partial charge in [0.2, 0.25) is 5.13 Å². The van der Waals surface area contributed by atoms with Gasteiger partial charge in [0.05, 0.1) is 12.8 Å². The Hall–Kier alpha value is -2.28. The molecule has 1 fully saturated rings. The maximum absolute atomic E-state index is 11.9. The number of ether oxygens (including phenoxy) is 1. The van der Waals surface area contributed by atoms with Crippen LogP contribution >= 0.6 is 11.3 Å². The van der Waals surface area contributed by atoms with Crippen molar-refractivity contribution in [3.05, 3.63) is 29.6 Å². The molecule has 1 saturated carbocycles. The summed E-state index contributed by atoms with van der Waals surface area (Å²) in [6.07, 6.45) is 5.77. The van der Waals surface area contributed by atoms with Crippen LogP contribution in [-0.2, 0) is 0 Å². The summed E-state index contributed by atoms with van der Waals surface area (Å²) in [6.45, 7) is 0. The van der Waals surface area contributed by atoms with Crippen molar-refractivity contribution in [3.8, 4) is 17.0 Å². The summed E-state index contributed by atoms with van der Waals surface area (Å²) in [5, 5.41) is 5.59. The third-order valence-electron chi connectivity index (χ3n) is 4.11. The van der Waals surface area contributed by atoms with Gasteiger partial charge in [0.1, 0.15) is 5.75 Å². The monoisotopic (exact) mass is 346 g/mol. The predicted molar refractivity (Wildman–Crippen MR) is 96.3 cm³/mol. The molecule has 7 heteroatoms. The number of aromatic nitrogens is 1. The highest BCUT2D eigenvalue weighted by Crippen LogP contribution is 2.26. The van der Waals surface area contributed by atoms with Crippen molar-refractivity contribution in [3.63, 3.8) is 0 Å². The van der Waals surface area contributed by atoms with Crippen molar-refractivity contribution in [2.24, 2.45) is 0 Å². The molecule has 0 aliphatic heterocycles. The summed E-state index contributed by atoms with van der Waals surface area (Å²) in [4.78, 5) is 16.4. The number of hydrogen-bond acceptors (Lipinski definition) is 5. The first-order valence-electron chi connectivity index (χ1n) is 8.17. The van der Waals surface area contributed by atoms with Gasteiger partial charge >= 0.3 is 6.03 Å². The summed E-state index contributed by atoms with van der Waals surface area (Å²) < 4.78 is 5.15. The van der Waals surface area contributed by atoms with Gasteiger partial charge in [0, 0.05) is 17.0 Å². The molecule has 24 heavy (non-hydrogen) atoms. The zero-order valence-electron chi connectivity index (χ0n) is 13.7. The average molecular weight is 346 g/mol. The fourth-order valence-corrected chi connectivity index (χ4v) is 3.48. The van der Waals surface area contributed by atoms with Gasteiger partial charge in [-0.2, -0.15) is 0 Å². The van der Waals surface area contributed by atoms with Gasteiger partial charge in [-0.1, -0.05) is 19.3 Å². The first-order chi connectivity index (χ1) is 11.7. The Morgan fingerprint density at radius 1 is 1.21 bits per heavy atom. The molecule has 0 spiro atoms. The highest BCUT2D eigenvalue weighted by atomic mass is 32.1. The number of amides is 2. The number of thiazole rings is 1. The van der Waals surface area contributed by atoms with Gasteiger partial charge in [-0.05, 0) is 37.1 Å². The first-order valence-corrected chi connectivity index (χ1v) is 9.05. The van der Waals surface area contributed by atoms with Crippen LogP contribution < -0.4 is 20.9 Å². The van der Waals surface area contributed by atoms with Crippen LogP contribution in [0.5, 0.6) is 5.75 Å². The number of methoxy groups -OCH3 is 1. The maximum atomic E-state index is 11.9. The van der Waals surface area contributed by atoms with Gasteiger partial charge in [0.15, 0.2) is 0 Å². The van der Waals surface area contributed by atoms with Gasteiger partial charge in [-0.3, -0.25) is 5.43 Å². The third kappa shape index (κ3) is 4.38. The number of rotatable bonds is 5. The van der Waals surface area contributed by atoms with E-state index in [-0.39, 0.29) is 12.1 Å². The topological polar surface area (TPSA) is 75.3 Å². The lowest BCUT2D eigenvalue weighted by molar-refractivity contribution is 0.234. The van der Waals surface area contributed by atoms with Crippen molar-refractivity contribution in [1.29, 1.82) is 0 Å². The summed E-state index contributed by atoms with van der Waals surface area (Å²) in [5.41, 5.74) is 7.39. The number of urea groups is 1. The lowest BCUT2D eigenvalue weighted by Crippen LogP contribution is -2.44. The molecule has 0 bridgehead atoms. The first kappa shape index (κ1) is 16.6. The summed E-state index contributed by atoms with van der Waals surface area (Å²) in [6, 6.07) is 7.80. The Morgan fingerprint density at radius 2 is 1.96 bits per heavy atom. The van der Waals surface area contributed by atoms with Gasteiger partial charge in [-0.25, -0.2) is 15.2 Å². The maximum Gasteiger partial charge on any atom is 0.333 e. The molecule has 3 N–H and O–H groups in total. The Morgan fingerprint density at radius 3 is 2.67 bits per heavy atom. The number of carbonyl (C=O) groups is 1. The smallest absolute Gasteiger partial charge is 0.333 e. The number of nitrogens with zero attached hydrogens (tertiary/aromatic N) is 1. The zero-order chi connectivity index (χ0) is 16.8. The highest BCUT2D eigenvalue weighted by molar-refractivity contribution is 7.14. The Kier molecular flexibility index (Phi) is 5.53. The standard InChI is InChI=1S/C17H22N4O2S/c1-23-14-9-7-12(8-10-14)15-11-24-17(19-15)21-20-16(22)18-13-5-3-2-4-6-13/h7-11,13H,2-6H2,1H3,(H,19,21)(H2,18,20,22). The van der Waals surface area contributed by atoms with E-state index in [1.807, 2.05) is 29.6 Å². The van der Waals surface area contributed by atoms with Crippen LogP contribution in [0.4, 0.5) is 9.93 Å². The lowest BCUT2D eigenvalue weighted by atomic mass is 9.96. The van der Waals surface area contributed by atoms with E-state index in [1.54, 1.807) is 7.11 Å². The van der Waals surface area contributed by atoms with Crippen LogP contribution in [0, 0.1) is 0 Å². The number of hydrogen-bond donors (Lipinski definition) is 3. The Balaban J connectivity index is 1.50. The van der Waals surface area contributed by atoms with Crippen molar-refractivity contribution in [2.45, 2.75) is 38.1 Å². The number of benzene rings is 1. The molecule has 3 rings (SSSR count). The number of carbonyl (C=O) groups excluding carboxylic acids is 1. The average Bonchev–Trinajstić information content (AvgIpc) is 3.10. The largest absolute Gasteiger partial charge is 0.497 e. The van der Waals surface area contributed by atoms with E-state index >= 15 is 0 Å². The molecular formula is C17H22N4O2S. The van der Waals surface area contributed by atoms with E-state index < -0.39 is 0 Å². The van der Waals surface area contributed by atoms with Gasteiger partial charge in [-0.15, -0.1) is 11.3 Å². The van der Waals surface area contributed by atoms with Crippen molar-refractivity contribution in [1.82, 2.24) is 15.7 Å². The van der Waals surface area contributed by atoms with Crippen LogP contribution in [0.2, 0.25) is 0 Å². The van der Waals surface area contributed by atoms with Crippen LogP contribution in [-0.4, -0.2) is 24.2 Å². The second kappa shape index (κ2) is 8.01. The van der Waals surface area contributed by atoms with E-state index in [2.05, 4.69) is 21.2 Å². The van der Waals surface area contributed by atoms with Gasteiger partial charge < -0.3 is 10.1 Å². The van der Waals surface area contributed by atoms with E-state index in [9.17, 15) is 4.79 Å². The molecule has 1 heterocycles. The minimum atomic E-state index is -0.205. The molecule has 1 aromatic carbocycles. The predicted octanol–water partition coefficient (Wildman–Crippen LogP) is 3.78. The molecule has 0 unspecified atom stereocenters. The van der Waals surface area contributed by atoms with Crippen LogP contribution in [0.3, 0.4) is 0 Å². The van der Waals surface area contributed by atoms with Crippen molar-refractivity contribution in [2.75, 3.05) is 12.5 Å². The Bertz CT molecular complexity index is 665. The molecular weight excluding hydrogens is 324 g/mol. The highest BCUT2D eigenvalue weighted by Gasteiger charge is 2.15. The van der Waals surface area contributed by atoms with E-state index in [1.165, 1.54) is 30.6 Å². The molecule has 0 saturated heterocycles. The fourth-order valence-electron chi connectivity index (χ4n) is 2.80. The second-order valence-corrected chi connectivity index (χ2v) is 6.68. The zero-order valence-corrected chi connectivity index (χ0v) is 14.5. The minimum Gasteiger partial charge on any atom is -0.497 e. The summed E-state index contributed by atoms with van der Waals surface area (Å²) in [7, 11) is 1.64. The molecule has 1 aromatic heterocycles. The quantitative estimate of drug-likeness (QED) is 0.720. The van der Waals surface area contributed by atoms with Crippen LogP contribution in [0.15, 0.2) is 29.6 Å². The summed E-state index contributed by atoms with van der Waals surface area (Å²) >= 11 is 1.45. The number of hydrazine groups is 1. The number of nitrogens with one attached hydrogen (secondary N) is 3. The summed E-state index contributed by atoms with van der Waals surface area (Å²) in [5.74, 6) is 0.813. The molecule has 0 radical (unpaired) electrons. The molecule has 1 aliphatic rings. The molecule has 6 nitrogen and oxygen atoms in total. The van der Waals surface area contributed by atoms with Crippen molar-refractivity contribution >= 4 is 22.5 Å². The minimum absolute atomic E-state index is 0.205. The van der Waals surface area contributed by atoms with E-state index in [0.29, 0.717) is 5.13 Å². The molecule has 2 aromatic rings. The van der Waals surface area contributed by atoms with E-state index in [4.69, 9.17) is 4.74 Å². The SMILES string of the molecule is COc1ccc(-c2csc(NNC(=O)NC3CCCCC3)n2)cc1. The fraction of sp³-hybridized carbons (Fsp3) is 0.412. The second-order valence-electron chi connectivity index (χ2n) is 5.82. The third-order valence-corrected chi connectivity index (χ3v) is 4.87. The molecule has 2 amide bonds. The van der Waals surface area contributed by atoms with E-state index in [0.717, 1.165) is 29.8 Å². The lowest BCUT2D eigenvalue weighted by Gasteiger charge is -2.22. The molecule has 0 atom stereocenters. The normalized spacial score (nSPS) is 14.9. The van der Waals surface area contributed by atoms with Crippen molar-refractivity contribution < 1.29 is 9.53 Å². The van der Waals surface area contributed by atoms with Crippen LogP contribution in [0.25, 0.3) is 11.3 Å². The van der Waals surface area contributed by atoms with Crippen LogP contribution in [0.1, 0.15) is 32.1 Å². The molecule has 1 aliphatic carbocycles. The number of anilines is 1. The Labute approximate surface area is 145 Å². The molecule has 128 valence electrons. The van der Waals surface area contributed by atoms with Gasteiger partial charge in [0.25, 0.3) is 0 Å².